The van der Waals surface area contributed by atoms with Crippen LogP contribution in [0.5, 0.6) is 5.88 Å². The van der Waals surface area contributed by atoms with Crippen LogP contribution in [0.25, 0.3) is 0 Å². The second-order valence-corrected chi connectivity index (χ2v) is 4.02. The maximum atomic E-state index is 6.09. The fourth-order valence-electron chi connectivity index (χ4n) is 1.68. The summed E-state index contributed by atoms with van der Waals surface area (Å²) in [4.78, 5) is 0. The molecule has 0 spiro atoms. The third-order valence-corrected chi connectivity index (χ3v) is 2.72. The summed E-state index contributed by atoms with van der Waals surface area (Å²) in [5, 5.41) is 12.2. The molecule has 2 heterocycles. The highest BCUT2D eigenvalue weighted by atomic mass is 16.5. The van der Waals surface area contributed by atoms with Crippen molar-refractivity contribution >= 4 is 0 Å². The molecule has 0 saturated carbocycles. The van der Waals surface area contributed by atoms with E-state index in [2.05, 4.69) is 15.3 Å². The minimum atomic E-state index is -0.182. The summed E-state index contributed by atoms with van der Waals surface area (Å²) >= 11 is 0. The van der Waals surface area contributed by atoms with Crippen molar-refractivity contribution in [3.05, 3.63) is 35.8 Å². The van der Waals surface area contributed by atoms with Crippen molar-refractivity contribution in [1.82, 2.24) is 20.0 Å². The van der Waals surface area contributed by atoms with Gasteiger partial charge in [-0.25, -0.2) is 0 Å². The van der Waals surface area contributed by atoms with E-state index in [1.807, 2.05) is 30.1 Å². The molecule has 0 aliphatic heterocycles. The van der Waals surface area contributed by atoms with Crippen LogP contribution in [0.2, 0.25) is 0 Å². The standard InChI is InChI=1S/C12H17N5O/c1-3-17-8-9(7-14-17)6-10(13)11-4-5-12(18-2)16-15-11/h4-5,7-8,10H,3,6,13H2,1-2H3. The molecule has 0 aromatic carbocycles. The first-order valence-corrected chi connectivity index (χ1v) is 5.87. The second-order valence-electron chi connectivity index (χ2n) is 4.02. The Morgan fingerprint density at radius 1 is 1.39 bits per heavy atom. The van der Waals surface area contributed by atoms with Crippen LogP contribution >= 0.6 is 0 Å². The molecule has 1 atom stereocenters. The van der Waals surface area contributed by atoms with Gasteiger partial charge in [0.25, 0.3) is 0 Å². The number of ether oxygens (including phenoxy) is 1. The Kier molecular flexibility index (Phi) is 3.88. The predicted molar refractivity (Wildman–Crippen MR) is 67.1 cm³/mol. The number of rotatable bonds is 5. The van der Waals surface area contributed by atoms with Crippen LogP contribution in [0.3, 0.4) is 0 Å². The lowest BCUT2D eigenvalue weighted by Crippen LogP contribution is -2.15. The number of hydrogen-bond donors (Lipinski definition) is 1. The third kappa shape index (κ3) is 2.84. The molecule has 18 heavy (non-hydrogen) atoms. The zero-order valence-electron chi connectivity index (χ0n) is 10.6. The van der Waals surface area contributed by atoms with E-state index in [-0.39, 0.29) is 6.04 Å². The highest BCUT2D eigenvalue weighted by Gasteiger charge is 2.10. The zero-order chi connectivity index (χ0) is 13.0. The molecule has 6 heteroatoms. The molecule has 96 valence electrons. The Hall–Kier alpha value is -1.95. The lowest BCUT2D eigenvalue weighted by Gasteiger charge is -2.09. The summed E-state index contributed by atoms with van der Waals surface area (Å²) in [6.07, 6.45) is 4.53. The highest BCUT2D eigenvalue weighted by molar-refractivity contribution is 5.16. The molecular weight excluding hydrogens is 230 g/mol. The molecule has 6 nitrogen and oxygen atoms in total. The lowest BCUT2D eigenvalue weighted by atomic mass is 10.1. The van der Waals surface area contributed by atoms with Gasteiger partial charge in [-0.15, -0.1) is 5.10 Å². The summed E-state index contributed by atoms with van der Waals surface area (Å²) < 4.78 is 6.83. The van der Waals surface area contributed by atoms with Crippen molar-refractivity contribution in [1.29, 1.82) is 0 Å². The maximum Gasteiger partial charge on any atom is 0.233 e. The molecule has 0 saturated heterocycles. The molecular formula is C12H17N5O. The van der Waals surface area contributed by atoms with Crippen molar-refractivity contribution in [2.45, 2.75) is 25.9 Å². The molecule has 2 N–H and O–H groups in total. The van der Waals surface area contributed by atoms with Gasteiger partial charge in [-0.05, 0) is 25.0 Å². The van der Waals surface area contributed by atoms with Crippen LogP contribution in [0.4, 0.5) is 0 Å². The molecule has 1 unspecified atom stereocenters. The maximum absolute atomic E-state index is 6.09. The van der Waals surface area contributed by atoms with Gasteiger partial charge in [-0.3, -0.25) is 4.68 Å². The van der Waals surface area contributed by atoms with Crippen molar-refractivity contribution in [3.63, 3.8) is 0 Å². The first-order chi connectivity index (χ1) is 8.72. The van der Waals surface area contributed by atoms with Gasteiger partial charge in [0.1, 0.15) is 0 Å². The largest absolute Gasteiger partial charge is 0.480 e. The Morgan fingerprint density at radius 3 is 2.78 bits per heavy atom. The van der Waals surface area contributed by atoms with Gasteiger partial charge in [0.2, 0.25) is 5.88 Å². The number of aryl methyl sites for hydroxylation is 1. The normalized spacial score (nSPS) is 12.4. The fourth-order valence-corrected chi connectivity index (χ4v) is 1.68. The molecule has 0 fully saturated rings. The monoisotopic (exact) mass is 247 g/mol. The second kappa shape index (κ2) is 5.59. The number of hydrogen-bond acceptors (Lipinski definition) is 5. The van der Waals surface area contributed by atoms with Crippen molar-refractivity contribution in [2.75, 3.05) is 7.11 Å². The van der Waals surface area contributed by atoms with E-state index >= 15 is 0 Å². The first-order valence-electron chi connectivity index (χ1n) is 5.87. The van der Waals surface area contributed by atoms with E-state index in [1.54, 1.807) is 13.2 Å². The SMILES string of the molecule is CCn1cc(CC(N)c2ccc(OC)nn2)cn1. The molecule has 2 rings (SSSR count). The minimum absolute atomic E-state index is 0.182. The molecule has 0 amide bonds. The minimum Gasteiger partial charge on any atom is -0.480 e. The highest BCUT2D eigenvalue weighted by Crippen LogP contribution is 2.14. The van der Waals surface area contributed by atoms with Gasteiger partial charge in [0, 0.05) is 18.8 Å². The van der Waals surface area contributed by atoms with Crippen LogP contribution in [0.15, 0.2) is 24.5 Å². The summed E-state index contributed by atoms with van der Waals surface area (Å²) in [5.74, 6) is 0.491. The Bertz CT molecular complexity index is 493. The Morgan fingerprint density at radius 2 is 2.22 bits per heavy atom. The van der Waals surface area contributed by atoms with Crippen LogP contribution in [0, 0.1) is 0 Å². The third-order valence-electron chi connectivity index (χ3n) is 2.72. The summed E-state index contributed by atoms with van der Waals surface area (Å²) in [5.41, 5.74) is 7.94. The van der Waals surface area contributed by atoms with Gasteiger partial charge < -0.3 is 10.5 Å². The van der Waals surface area contributed by atoms with E-state index < -0.39 is 0 Å². The van der Waals surface area contributed by atoms with E-state index in [1.165, 1.54) is 0 Å². The fraction of sp³-hybridized carbons (Fsp3) is 0.417. The number of nitrogens with two attached hydrogens (primary N) is 1. The van der Waals surface area contributed by atoms with Crippen LogP contribution in [0.1, 0.15) is 24.2 Å². The van der Waals surface area contributed by atoms with Crippen molar-refractivity contribution in [3.8, 4) is 5.88 Å². The molecule has 0 radical (unpaired) electrons. The van der Waals surface area contributed by atoms with Gasteiger partial charge in [-0.1, -0.05) is 0 Å². The quantitative estimate of drug-likeness (QED) is 0.850. The van der Waals surface area contributed by atoms with Crippen LogP contribution in [-0.4, -0.2) is 27.1 Å². The average molecular weight is 247 g/mol. The zero-order valence-corrected chi connectivity index (χ0v) is 10.6. The first kappa shape index (κ1) is 12.5. The summed E-state index contributed by atoms with van der Waals surface area (Å²) in [7, 11) is 1.56. The topological polar surface area (TPSA) is 78.9 Å². The van der Waals surface area contributed by atoms with Crippen molar-refractivity contribution in [2.24, 2.45) is 5.73 Å². The van der Waals surface area contributed by atoms with E-state index in [9.17, 15) is 0 Å². The smallest absolute Gasteiger partial charge is 0.233 e. The average Bonchev–Trinajstić information content (AvgIpc) is 2.86. The number of nitrogens with zero attached hydrogens (tertiary/aromatic N) is 4. The van der Waals surface area contributed by atoms with Crippen LogP contribution < -0.4 is 10.5 Å². The molecule has 0 aliphatic carbocycles. The van der Waals surface area contributed by atoms with E-state index in [0.717, 1.165) is 17.8 Å². The Labute approximate surface area is 106 Å². The molecule has 0 bridgehead atoms. The molecule has 0 aliphatic rings. The van der Waals surface area contributed by atoms with Gasteiger partial charge in [0.15, 0.2) is 0 Å². The summed E-state index contributed by atoms with van der Waals surface area (Å²) in [6, 6.07) is 3.41. The van der Waals surface area contributed by atoms with Crippen LogP contribution in [-0.2, 0) is 13.0 Å². The Balaban J connectivity index is 2.03. The lowest BCUT2D eigenvalue weighted by molar-refractivity contribution is 0.390. The predicted octanol–water partition coefficient (Wildman–Crippen LogP) is 0.944. The van der Waals surface area contributed by atoms with Crippen molar-refractivity contribution < 1.29 is 4.74 Å². The van der Waals surface area contributed by atoms with Gasteiger partial charge in [-0.2, -0.15) is 10.2 Å². The molecule has 2 aromatic heterocycles. The van der Waals surface area contributed by atoms with Gasteiger partial charge >= 0.3 is 0 Å². The summed E-state index contributed by atoms with van der Waals surface area (Å²) in [6.45, 7) is 2.91. The number of methoxy groups -OCH3 is 1. The van der Waals surface area contributed by atoms with E-state index in [4.69, 9.17) is 10.5 Å². The van der Waals surface area contributed by atoms with E-state index in [0.29, 0.717) is 12.3 Å². The molecule has 2 aromatic rings. The van der Waals surface area contributed by atoms with Gasteiger partial charge in [0.05, 0.1) is 25.0 Å². The number of aromatic nitrogens is 4.